The lowest BCUT2D eigenvalue weighted by molar-refractivity contribution is 1.44. The fraction of sp³-hybridized carbons (Fsp3) is 1.00. The van der Waals surface area contributed by atoms with Gasteiger partial charge in [-0.15, -0.1) is 17.2 Å². The summed E-state index contributed by atoms with van der Waals surface area (Å²) in [5, 5.41) is 0. The Hall–Kier alpha value is 0.860. The van der Waals surface area contributed by atoms with Crippen LogP contribution in [0.25, 0.3) is 0 Å². The van der Waals surface area contributed by atoms with Crippen molar-refractivity contribution < 1.29 is 0 Å². The maximum absolute atomic E-state index is 2.22. The van der Waals surface area contributed by atoms with E-state index in [0.29, 0.717) is 0 Å². The van der Waals surface area contributed by atoms with Gasteiger partial charge in [-0.3, -0.25) is 0 Å². The molecule has 0 aliphatic carbocycles. The Morgan fingerprint density at radius 1 is 1.00 bits per heavy atom. The summed E-state index contributed by atoms with van der Waals surface area (Å²) in [4.78, 5) is 0. The molecule has 0 bridgehead atoms. The summed E-state index contributed by atoms with van der Waals surface area (Å²) >= 11 is 0. The highest BCUT2D eigenvalue weighted by Gasteiger charge is 1.66. The first kappa shape index (κ1) is 11.6. The average Bonchev–Trinajstić information content (AvgIpc) is 1.71. The molecule has 0 heterocycles. The lowest BCUT2D eigenvalue weighted by Gasteiger charge is -1.80. The van der Waals surface area contributed by atoms with Crippen LogP contribution in [0.5, 0.6) is 0 Å². The van der Waals surface area contributed by atoms with E-state index in [0.717, 1.165) is 8.58 Å². The average molecular weight is 152 g/mol. The Balaban J connectivity index is 0. The molecule has 0 unspecified atom stereocenters. The molecule has 0 aliphatic heterocycles. The summed E-state index contributed by atoms with van der Waals surface area (Å²) in [6.07, 6.45) is 2.74. The highest BCUT2D eigenvalue weighted by molar-refractivity contribution is 7.37. The molecule has 0 radical (unpaired) electrons. The van der Waals surface area contributed by atoms with Crippen LogP contribution in [0.1, 0.15) is 13.8 Å². The standard InChI is InChI=1S/C4H11P.C2H7P/c1-3-5-4-2;1-3-2/h5H,3-4H2,1-2H3;3H,1-2H3. The van der Waals surface area contributed by atoms with Crippen molar-refractivity contribution in [3.63, 3.8) is 0 Å². The molecule has 0 spiro atoms. The van der Waals surface area contributed by atoms with Crippen LogP contribution in [0.2, 0.25) is 0 Å². The van der Waals surface area contributed by atoms with Crippen molar-refractivity contribution in [1.82, 2.24) is 0 Å². The minimum absolute atomic E-state index is 1.08. The molecule has 0 nitrogen and oxygen atoms in total. The second-order valence-electron chi connectivity index (χ2n) is 1.46. The summed E-state index contributed by atoms with van der Waals surface area (Å²) in [5.74, 6) is 0. The van der Waals surface area contributed by atoms with Crippen molar-refractivity contribution in [2.75, 3.05) is 25.7 Å². The Labute approximate surface area is 57.4 Å². The molecule has 0 fully saturated rings. The summed E-state index contributed by atoms with van der Waals surface area (Å²) in [6.45, 7) is 8.75. The second kappa shape index (κ2) is 15.7. The van der Waals surface area contributed by atoms with E-state index in [9.17, 15) is 0 Å². The summed E-state index contributed by atoms with van der Waals surface area (Å²) in [6, 6.07) is 0. The van der Waals surface area contributed by atoms with Crippen LogP contribution in [0.3, 0.4) is 0 Å². The number of hydrogen-bond acceptors (Lipinski definition) is 0. The molecule has 0 rings (SSSR count). The zero-order valence-corrected chi connectivity index (χ0v) is 8.41. The molecule has 0 saturated carbocycles. The van der Waals surface area contributed by atoms with E-state index >= 15 is 0 Å². The maximum Gasteiger partial charge on any atom is -0.0382 e. The lowest BCUT2D eigenvalue weighted by atomic mass is 11.0. The van der Waals surface area contributed by atoms with Gasteiger partial charge in [0.2, 0.25) is 0 Å². The van der Waals surface area contributed by atoms with E-state index in [1.54, 1.807) is 0 Å². The van der Waals surface area contributed by atoms with E-state index in [4.69, 9.17) is 0 Å². The van der Waals surface area contributed by atoms with Crippen molar-refractivity contribution in [3.05, 3.63) is 0 Å². The van der Waals surface area contributed by atoms with E-state index in [1.165, 1.54) is 20.9 Å². The summed E-state index contributed by atoms with van der Waals surface area (Å²) < 4.78 is 0. The molecule has 0 N–H and O–H groups in total. The third-order valence-electron chi connectivity index (χ3n) is 0.500. The molecule has 2 heteroatoms. The zero-order valence-electron chi connectivity index (χ0n) is 6.41. The summed E-state index contributed by atoms with van der Waals surface area (Å²) in [5.41, 5.74) is 0. The number of rotatable bonds is 2. The van der Waals surface area contributed by atoms with Crippen LogP contribution in [0.15, 0.2) is 0 Å². The van der Waals surface area contributed by atoms with E-state index < -0.39 is 0 Å². The van der Waals surface area contributed by atoms with Gasteiger partial charge in [0, 0.05) is 0 Å². The fourth-order valence-electron chi connectivity index (χ4n) is 0.250. The fourth-order valence-corrected chi connectivity index (χ4v) is 0.750. The van der Waals surface area contributed by atoms with Crippen LogP contribution >= 0.6 is 17.2 Å². The Morgan fingerprint density at radius 3 is 1.25 bits per heavy atom. The minimum atomic E-state index is 1.08. The van der Waals surface area contributed by atoms with Crippen LogP contribution < -0.4 is 0 Å². The maximum atomic E-state index is 2.22. The minimum Gasteiger partial charge on any atom is -0.129 e. The van der Waals surface area contributed by atoms with Crippen LogP contribution in [0, 0.1) is 0 Å². The summed E-state index contributed by atoms with van der Waals surface area (Å²) in [7, 11) is 2.28. The first-order valence-electron chi connectivity index (χ1n) is 3.12. The Kier molecular flexibility index (Phi) is 22.8. The monoisotopic (exact) mass is 152 g/mol. The van der Waals surface area contributed by atoms with E-state index in [-0.39, 0.29) is 0 Å². The van der Waals surface area contributed by atoms with Gasteiger partial charge in [0.25, 0.3) is 0 Å². The van der Waals surface area contributed by atoms with Crippen molar-refractivity contribution in [2.24, 2.45) is 0 Å². The molecule has 0 aliphatic rings. The highest BCUT2D eigenvalue weighted by Crippen LogP contribution is 2.03. The van der Waals surface area contributed by atoms with Gasteiger partial charge < -0.3 is 0 Å². The van der Waals surface area contributed by atoms with Gasteiger partial charge in [-0.1, -0.05) is 13.8 Å². The SMILES string of the molecule is CCPCC.CPC. The normalized spacial score (nSPS) is 7.50. The molecule has 0 aromatic carbocycles. The molecule has 52 valence electrons. The van der Waals surface area contributed by atoms with Gasteiger partial charge in [0.15, 0.2) is 0 Å². The predicted octanol–water partition coefficient (Wildman–Crippen LogP) is 2.63. The van der Waals surface area contributed by atoms with Gasteiger partial charge in [0.05, 0.1) is 0 Å². The largest absolute Gasteiger partial charge is 0.129 e. The van der Waals surface area contributed by atoms with Crippen molar-refractivity contribution in [3.8, 4) is 0 Å². The van der Waals surface area contributed by atoms with Crippen LogP contribution in [0.4, 0.5) is 0 Å². The predicted molar refractivity (Wildman–Crippen MR) is 49.6 cm³/mol. The Bertz CT molecular complexity index is 20.5. The van der Waals surface area contributed by atoms with Gasteiger partial charge >= 0.3 is 0 Å². The lowest BCUT2D eigenvalue weighted by Crippen LogP contribution is -1.59. The van der Waals surface area contributed by atoms with Crippen LogP contribution in [-0.4, -0.2) is 25.7 Å². The third-order valence-corrected chi connectivity index (χ3v) is 1.50. The molecule has 0 aromatic heterocycles. The molecule has 0 amide bonds. The van der Waals surface area contributed by atoms with Gasteiger partial charge in [-0.2, -0.15) is 0 Å². The Morgan fingerprint density at radius 2 is 1.25 bits per heavy atom. The molecular weight excluding hydrogens is 134 g/mol. The molecule has 0 saturated heterocycles. The van der Waals surface area contributed by atoms with Crippen LogP contribution in [-0.2, 0) is 0 Å². The molecular formula is C6H18P2. The van der Waals surface area contributed by atoms with Crippen molar-refractivity contribution >= 4 is 17.2 Å². The highest BCUT2D eigenvalue weighted by atomic mass is 31.1. The quantitative estimate of drug-likeness (QED) is 0.533. The molecule has 8 heavy (non-hydrogen) atoms. The van der Waals surface area contributed by atoms with Crippen molar-refractivity contribution in [1.29, 1.82) is 0 Å². The zero-order chi connectivity index (χ0) is 6.83. The molecule has 0 atom stereocenters. The van der Waals surface area contributed by atoms with E-state index in [1.807, 2.05) is 0 Å². The van der Waals surface area contributed by atoms with Gasteiger partial charge in [-0.05, 0) is 25.7 Å². The first-order chi connectivity index (χ1) is 3.83. The smallest absolute Gasteiger partial charge is 0.0382 e. The van der Waals surface area contributed by atoms with Gasteiger partial charge in [-0.25, -0.2) is 0 Å². The van der Waals surface area contributed by atoms with Crippen molar-refractivity contribution in [2.45, 2.75) is 13.8 Å². The topological polar surface area (TPSA) is 0 Å². The number of hydrogen-bond donors (Lipinski definition) is 0. The molecule has 0 aromatic rings. The second-order valence-corrected chi connectivity index (χ2v) is 4.37. The first-order valence-corrected chi connectivity index (χ1v) is 6.54. The van der Waals surface area contributed by atoms with E-state index in [2.05, 4.69) is 27.2 Å². The van der Waals surface area contributed by atoms with Gasteiger partial charge in [0.1, 0.15) is 0 Å². The third kappa shape index (κ3) is 28.8.